The van der Waals surface area contributed by atoms with Crippen molar-refractivity contribution in [3.63, 3.8) is 0 Å². The highest BCUT2D eigenvalue weighted by atomic mass is 16.5. The number of carbonyl (C=O) groups excluding carboxylic acids is 1. The molecule has 0 bridgehead atoms. The molecule has 2 aliphatic heterocycles. The van der Waals surface area contributed by atoms with Crippen LogP contribution >= 0.6 is 0 Å². The molecule has 0 amide bonds. The third kappa shape index (κ3) is 4.23. The van der Waals surface area contributed by atoms with Crippen LogP contribution in [0.2, 0.25) is 0 Å². The van der Waals surface area contributed by atoms with Gasteiger partial charge in [0.05, 0.1) is 38.9 Å². The predicted octanol–water partition coefficient (Wildman–Crippen LogP) is 4.76. The Labute approximate surface area is 230 Å². The van der Waals surface area contributed by atoms with Crippen molar-refractivity contribution in [3.8, 4) is 0 Å². The van der Waals surface area contributed by atoms with Gasteiger partial charge in [-0.1, -0.05) is 20.4 Å². The number of hydrogen-bond acceptors (Lipinski definition) is 5. The number of rotatable bonds is 5. The Morgan fingerprint density at radius 1 is 1.11 bits per heavy atom. The molecule has 4 unspecified atom stereocenters. The molecule has 4 saturated carbocycles. The SMILES string of the molecule is C=CC[N+]1([C@H]2CC3C4CC[C@H]5C[C@@](O)(N6CCOCC6)CC(OC(C)=O)[C@]5(C)C4CC[C@]3(C)C2)CCCC1. The molecule has 4 aliphatic carbocycles. The first kappa shape index (κ1) is 27.2. The fraction of sp³-hybridized carbons (Fsp3) is 0.906. The van der Waals surface area contributed by atoms with Crippen LogP contribution in [0.4, 0.5) is 0 Å². The number of carbonyl (C=O) groups is 1. The summed E-state index contributed by atoms with van der Waals surface area (Å²) in [5.74, 6) is 2.23. The molecule has 0 radical (unpaired) electrons. The molecule has 38 heavy (non-hydrogen) atoms. The van der Waals surface area contributed by atoms with Gasteiger partial charge in [0.1, 0.15) is 11.8 Å². The van der Waals surface area contributed by atoms with E-state index in [9.17, 15) is 9.90 Å². The normalized spacial score (nSPS) is 48.5. The molecule has 6 rings (SSSR count). The van der Waals surface area contributed by atoms with Crippen molar-refractivity contribution in [3.05, 3.63) is 12.7 Å². The van der Waals surface area contributed by atoms with Gasteiger partial charge in [0.15, 0.2) is 0 Å². The quantitative estimate of drug-likeness (QED) is 0.316. The number of esters is 1. The van der Waals surface area contributed by atoms with Crippen molar-refractivity contribution in [2.75, 3.05) is 45.9 Å². The number of ether oxygens (including phenoxy) is 2. The standard InChI is InChI=1S/C32H53N2O4/c1-5-14-34(15-6-7-16-34)25-19-28-26-9-8-24-20-32(36,33-12-17-37-18-13-33)22-29(38-23(2)35)31(24,4)27(26)10-11-30(28,3)21-25/h5,24-29,36H,1,6-22H2,2-4H3/q+1/t24-,25-,26?,27?,28?,29?,30+,31-,32-/m0/s1. The summed E-state index contributed by atoms with van der Waals surface area (Å²) in [6.07, 6.45) is 13.7. The van der Waals surface area contributed by atoms with Crippen LogP contribution in [-0.4, -0.2) is 84.3 Å². The molecule has 6 heteroatoms. The number of quaternary nitrogens is 1. The molecule has 2 heterocycles. The second kappa shape index (κ2) is 9.85. The topological polar surface area (TPSA) is 59.0 Å². The molecule has 6 nitrogen and oxygen atoms in total. The summed E-state index contributed by atoms with van der Waals surface area (Å²) in [6, 6.07) is 0.775. The average molecular weight is 530 g/mol. The summed E-state index contributed by atoms with van der Waals surface area (Å²) in [5.41, 5.74) is -0.530. The molecule has 0 aromatic heterocycles. The van der Waals surface area contributed by atoms with Gasteiger partial charge in [0.25, 0.3) is 0 Å². The lowest BCUT2D eigenvalue weighted by atomic mass is 9.44. The maximum Gasteiger partial charge on any atom is 0.302 e. The summed E-state index contributed by atoms with van der Waals surface area (Å²) < 4.78 is 13.1. The summed E-state index contributed by atoms with van der Waals surface area (Å²) in [6.45, 7) is 17.4. The predicted molar refractivity (Wildman–Crippen MR) is 148 cm³/mol. The van der Waals surface area contributed by atoms with E-state index in [-0.39, 0.29) is 17.5 Å². The van der Waals surface area contributed by atoms with E-state index in [2.05, 4.69) is 31.4 Å². The highest BCUT2D eigenvalue weighted by molar-refractivity contribution is 5.66. The number of aliphatic hydroxyl groups is 1. The maximum absolute atomic E-state index is 12.4. The van der Waals surface area contributed by atoms with Crippen molar-refractivity contribution in [2.45, 2.75) is 103 Å². The number of morpholine rings is 1. The van der Waals surface area contributed by atoms with Crippen molar-refractivity contribution in [1.82, 2.24) is 4.90 Å². The van der Waals surface area contributed by atoms with Gasteiger partial charge in [0.2, 0.25) is 0 Å². The summed E-state index contributed by atoms with van der Waals surface area (Å²) in [5, 5.41) is 12.0. The summed E-state index contributed by atoms with van der Waals surface area (Å²) in [4.78, 5) is 14.7. The minimum absolute atomic E-state index is 0.0620. The molecule has 0 spiro atoms. The third-order valence-electron chi connectivity index (χ3n) is 13.1. The van der Waals surface area contributed by atoms with Crippen LogP contribution < -0.4 is 0 Å². The van der Waals surface area contributed by atoms with Gasteiger partial charge in [-0.3, -0.25) is 9.69 Å². The fourth-order valence-corrected chi connectivity index (χ4v) is 11.3. The third-order valence-corrected chi connectivity index (χ3v) is 13.1. The number of nitrogens with zero attached hydrogens (tertiary/aromatic N) is 2. The van der Waals surface area contributed by atoms with E-state index in [1.54, 1.807) is 6.92 Å². The van der Waals surface area contributed by atoms with Crippen LogP contribution in [0.15, 0.2) is 12.7 Å². The monoisotopic (exact) mass is 529 g/mol. The van der Waals surface area contributed by atoms with Crippen LogP contribution in [0.3, 0.4) is 0 Å². The highest BCUT2D eigenvalue weighted by Gasteiger charge is 2.66. The van der Waals surface area contributed by atoms with Crippen LogP contribution in [0.5, 0.6) is 0 Å². The number of hydrogen-bond donors (Lipinski definition) is 1. The lowest BCUT2D eigenvalue weighted by Gasteiger charge is -2.64. The largest absolute Gasteiger partial charge is 0.462 e. The fourth-order valence-electron chi connectivity index (χ4n) is 11.3. The molecule has 214 valence electrons. The lowest BCUT2D eigenvalue weighted by molar-refractivity contribution is -0.935. The molecular formula is C32H53N2O4+. The summed E-state index contributed by atoms with van der Waals surface area (Å²) >= 11 is 0. The zero-order valence-electron chi connectivity index (χ0n) is 24.3. The first-order valence-electron chi connectivity index (χ1n) is 15.8. The lowest BCUT2D eigenvalue weighted by Crippen LogP contribution is -2.66. The van der Waals surface area contributed by atoms with Crippen LogP contribution in [0, 0.1) is 34.5 Å². The molecule has 0 aromatic rings. The van der Waals surface area contributed by atoms with E-state index in [1.165, 1.54) is 62.5 Å². The van der Waals surface area contributed by atoms with Gasteiger partial charge in [-0.05, 0) is 67.3 Å². The highest BCUT2D eigenvalue weighted by Crippen LogP contribution is 2.68. The minimum atomic E-state index is -0.903. The average Bonchev–Trinajstić information content (AvgIpc) is 3.51. The second-order valence-electron chi connectivity index (χ2n) is 14.7. The maximum atomic E-state index is 12.4. The Morgan fingerprint density at radius 2 is 1.84 bits per heavy atom. The van der Waals surface area contributed by atoms with E-state index < -0.39 is 5.72 Å². The van der Waals surface area contributed by atoms with Crippen LogP contribution in [-0.2, 0) is 14.3 Å². The Kier molecular flexibility index (Phi) is 7.06. The van der Waals surface area contributed by atoms with Crippen molar-refractivity contribution >= 4 is 5.97 Å². The number of likely N-dealkylation sites (tertiary alicyclic amines) is 1. The molecule has 0 aromatic carbocycles. The first-order chi connectivity index (χ1) is 18.1. The molecule has 6 fully saturated rings. The van der Waals surface area contributed by atoms with Crippen LogP contribution in [0.1, 0.15) is 85.0 Å². The first-order valence-corrected chi connectivity index (χ1v) is 15.8. The Bertz CT molecular complexity index is 913. The van der Waals surface area contributed by atoms with Gasteiger partial charge >= 0.3 is 5.97 Å². The second-order valence-corrected chi connectivity index (χ2v) is 14.7. The van der Waals surface area contributed by atoms with Gasteiger partial charge < -0.3 is 19.1 Å². The van der Waals surface area contributed by atoms with E-state index >= 15 is 0 Å². The molecule has 9 atom stereocenters. The van der Waals surface area contributed by atoms with Gasteiger partial charge in [-0.2, -0.15) is 0 Å². The van der Waals surface area contributed by atoms with E-state index in [4.69, 9.17) is 9.47 Å². The van der Waals surface area contributed by atoms with Crippen molar-refractivity contribution in [1.29, 1.82) is 0 Å². The molecule has 2 saturated heterocycles. The van der Waals surface area contributed by atoms with Gasteiger partial charge in [-0.25, -0.2) is 0 Å². The van der Waals surface area contributed by atoms with Gasteiger partial charge in [-0.15, -0.1) is 0 Å². The van der Waals surface area contributed by atoms with Crippen molar-refractivity contribution < 1.29 is 23.9 Å². The van der Waals surface area contributed by atoms with E-state index in [0.29, 0.717) is 42.8 Å². The Hall–Kier alpha value is -0.950. The van der Waals surface area contributed by atoms with Crippen molar-refractivity contribution in [2.24, 2.45) is 34.5 Å². The zero-order chi connectivity index (χ0) is 26.8. The minimum Gasteiger partial charge on any atom is -0.462 e. The summed E-state index contributed by atoms with van der Waals surface area (Å²) in [7, 11) is 0. The molecule has 1 N–H and O–H groups in total. The zero-order valence-corrected chi connectivity index (χ0v) is 24.3. The smallest absolute Gasteiger partial charge is 0.302 e. The number of fused-ring (bicyclic) bond motifs is 5. The Morgan fingerprint density at radius 3 is 2.53 bits per heavy atom. The molecular weight excluding hydrogens is 476 g/mol. The molecule has 6 aliphatic rings. The van der Waals surface area contributed by atoms with E-state index in [0.717, 1.165) is 44.4 Å². The van der Waals surface area contributed by atoms with Gasteiger partial charge in [0, 0.05) is 57.5 Å². The van der Waals surface area contributed by atoms with Crippen LogP contribution in [0.25, 0.3) is 0 Å². The Balaban J connectivity index is 1.28. The van der Waals surface area contributed by atoms with E-state index in [1.807, 2.05) is 0 Å².